The van der Waals surface area contributed by atoms with E-state index in [1.807, 2.05) is 13.8 Å². The van der Waals surface area contributed by atoms with Crippen molar-refractivity contribution in [3.8, 4) is 5.88 Å². The Hall–Kier alpha value is -1.63. The fourth-order valence-corrected chi connectivity index (χ4v) is 1.10. The van der Waals surface area contributed by atoms with Crippen molar-refractivity contribution in [2.24, 2.45) is 19.8 Å². The predicted molar refractivity (Wildman–Crippen MR) is 63.1 cm³/mol. The van der Waals surface area contributed by atoms with E-state index in [9.17, 15) is 9.59 Å². The van der Waals surface area contributed by atoms with Gasteiger partial charge in [-0.15, -0.1) is 5.10 Å². The van der Waals surface area contributed by atoms with Crippen LogP contribution < -0.4 is 21.7 Å². The highest BCUT2D eigenvalue weighted by molar-refractivity contribution is 5.02. The molecule has 0 amide bonds. The van der Waals surface area contributed by atoms with Crippen LogP contribution >= 0.6 is 0 Å². The summed E-state index contributed by atoms with van der Waals surface area (Å²) in [7, 11) is 2.83. The minimum absolute atomic E-state index is 0.111. The van der Waals surface area contributed by atoms with Gasteiger partial charge in [-0.1, -0.05) is 6.92 Å². The number of hydrogen-bond donors (Lipinski definition) is 1. The van der Waals surface area contributed by atoms with E-state index in [0.29, 0.717) is 6.42 Å². The first kappa shape index (κ1) is 13.4. The van der Waals surface area contributed by atoms with Crippen LogP contribution in [0.3, 0.4) is 0 Å². The van der Waals surface area contributed by atoms with Crippen molar-refractivity contribution in [3.63, 3.8) is 0 Å². The zero-order valence-corrected chi connectivity index (χ0v) is 10.6. The van der Waals surface area contributed by atoms with Gasteiger partial charge in [0.2, 0.25) is 0 Å². The molecule has 1 aromatic rings. The van der Waals surface area contributed by atoms with Gasteiger partial charge in [0.15, 0.2) is 0 Å². The fraction of sp³-hybridized carbons (Fsp3) is 0.700. The first-order valence-corrected chi connectivity index (χ1v) is 5.34. The molecule has 0 radical (unpaired) electrons. The zero-order chi connectivity index (χ0) is 13.2. The predicted octanol–water partition coefficient (Wildman–Crippen LogP) is -1.01. The Morgan fingerprint density at radius 1 is 1.41 bits per heavy atom. The van der Waals surface area contributed by atoms with Crippen molar-refractivity contribution in [2.75, 3.05) is 6.61 Å². The fourth-order valence-electron chi connectivity index (χ4n) is 1.10. The van der Waals surface area contributed by atoms with Gasteiger partial charge in [0.25, 0.3) is 5.88 Å². The molecule has 7 nitrogen and oxygen atoms in total. The molecule has 0 fully saturated rings. The van der Waals surface area contributed by atoms with Crippen LogP contribution in [0.4, 0.5) is 0 Å². The molecule has 96 valence electrons. The van der Waals surface area contributed by atoms with Gasteiger partial charge < -0.3 is 10.5 Å². The molecular formula is C10H18N4O3. The van der Waals surface area contributed by atoms with Crippen LogP contribution in [0, 0.1) is 0 Å². The topological polar surface area (TPSA) is 92.1 Å². The molecule has 1 atom stereocenters. The van der Waals surface area contributed by atoms with Gasteiger partial charge in [0.05, 0.1) is 0 Å². The number of ether oxygens (including phenoxy) is 1. The van der Waals surface area contributed by atoms with Crippen LogP contribution in [0.1, 0.15) is 20.3 Å². The Morgan fingerprint density at radius 2 is 2.00 bits per heavy atom. The van der Waals surface area contributed by atoms with Crippen LogP contribution in [0.15, 0.2) is 9.59 Å². The van der Waals surface area contributed by atoms with Gasteiger partial charge >= 0.3 is 11.2 Å². The molecule has 0 aliphatic heterocycles. The molecule has 0 aromatic carbocycles. The number of aryl methyl sites for hydroxylation is 1. The highest BCUT2D eigenvalue weighted by atomic mass is 16.5. The molecule has 0 saturated carbocycles. The smallest absolute Gasteiger partial charge is 0.347 e. The molecule has 1 heterocycles. The number of hydrogen-bond acceptors (Lipinski definition) is 5. The SMILES string of the molecule is CCC(C)(N)COc1nn(C)c(=O)n(C)c1=O. The van der Waals surface area contributed by atoms with E-state index in [1.54, 1.807) is 0 Å². The second-order valence-electron chi connectivity index (χ2n) is 4.37. The van der Waals surface area contributed by atoms with E-state index in [0.717, 1.165) is 9.25 Å². The maximum absolute atomic E-state index is 11.7. The molecular weight excluding hydrogens is 224 g/mol. The number of aromatic nitrogens is 3. The van der Waals surface area contributed by atoms with Gasteiger partial charge in [-0.05, 0) is 13.3 Å². The molecule has 0 aliphatic carbocycles. The van der Waals surface area contributed by atoms with E-state index < -0.39 is 16.8 Å². The van der Waals surface area contributed by atoms with Crippen molar-refractivity contribution in [1.29, 1.82) is 0 Å². The minimum Gasteiger partial charge on any atom is -0.471 e. The maximum atomic E-state index is 11.7. The third kappa shape index (κ3) is 2.94. The summed E-state index contributed by atoms with van der Waals surface area (Å²) in [4.78, 5) is 23.1. The van der Waals surface area contributed by atoms with Crippen molar-refractivity contribution >= 4 is 0 Å². The Morgan fingerprint density at radius 3 is 2.53 bits per heavy atom. The first-order valence-electron chi connectivity index (χ1n) is 5.34. The molecule has 7 heteroatoms. The summed E-state index contributed by atoms with van der Waals surface area (Å²) in [6, 6.07) is 0. The van der Waals surface area contributed by atoms with Crippen LogP contribution in [-0.2, 0) is 14.1 Å². The summed E-state index contributed by atoms with van der Waals surface area (Å²) in [5.41, 5.74) is 4.32. The summed E-state index contributed by atoms with van der Waals surface area (Å²) >= 11 is 0. The molecule has 0 saturated heterocycles. The first-order chi connectivity index (χ1) is 7.78. The molecule has 0 spiro atoms. The largest absolute Gasteiger partial charge is 0.471 e. The molecule has 2 N–H and O–H groups in total. The number of rotatable bonds is 4. The third-order valence-electron chi connectivity index (χ3n) is 2.64. The van der Waals surface area contributed by atoms with Crippen LogP contribution in [-0.4, -0.2) is 26.5 Å². The highest BCUT2D eigenvalue weighted by Gasteiger charge is 2.19. The van der Waals surface area contributed by atoms with Gasteiger partial charge in [-0.25, -0.2) is 9.48 Å². The quantitative estimate of drug-likeness (QED) is 0.730. The van der Waals surface area contributed by atoms with Crippen LogP contribution in [0.2, 0.25) is 0 Å². The molecule has 1 aromatic heterocycles. The van der Waals surface area contributed by atoms with Crippen LogP contribution in [0.5, 0.6) is 5.88 Å². The highest BCUT2D eigenvalue weighted by Crippen LogP contribution is 2.06. The Balaban J connectivity index is 3.02. The molecule has 0 bridgehead atoms. The molecule has 1 rings (SSSR count). The van der Waals surface area contributed by atoms with Crippen molar-refractivity contribution < 1.29 is 4.74 Å². The normalized spacial score (nSPS) is 14.4. The van der Waals surface area contributed by atoms with Gasteiger partial charge in [0.1, 0.15) is 6.61 Å². The number of nitrogens with two attached hydrogens (primary N) is 1. The lowest BCUT2D eigenvalue weighted by atomic mass is 10.0. The molecule has 1 unspecified atom stereocenters. The lowest BCUT2D eigenvalue weighted by Crippen LogP contribution is -2.44. The summed E-state index contributed by atoms with van der Waals surface area (Å²) in [6.07, 6.45) is 0.707. The van der Waals surface area contributed by atoms with E-state index in [1.165, 1.54) is 14.1 Å². The van der Waals surface area contributed by atoms with E-state index in [4.69, 9.17) is 10.5 Å². The summed E-state index contributed by atoms with van der Waals surface area (Å²) in [6.45, 7) is 3.92. The average Bonchev–Trinajstić information content (AvgIpc) is 2.29. The standard InChI is InChI=1S/C10H18N4O3/c1-5-10(2,11)6-17-7-8(15)13(3)9(16)14(4)12-7/h5-6,11H2,1-4H3. The van der Waals surface area contributed by atoms with Gasteiger partial charge in [0, 0.05) is 19.6 Å². The number of nitrogens with zero attached hydrogens (tertiary/aromatic N) is 3. The van der Waals surface area contributed by atoms with Crippen molar-refractivity contribution in [3.05, 3.63) is 20.8 Å². The monoisotopic (exact) mass is 242 g/mol. The molecule has 0 aliphatic rings. The second-order valence-corrected chi connectivity index (χ2v) is 4.37. The molecule has 17 heavy (non-hydrogen) atoms. The summed E-state index contributed by atoms with van der Waals surface area (Å²) in [5.74, 6) is -0.111. The Kier molecular flexibility index (Phi) is 3.72. The van der Waals surface area contributed by atoms with Crippen molar-refractivity contribution in [2.45, 2.75) is 25.8 Å². The van der Waals surface area contributed by atoms with Gasteiger partial charge in [-0.2, -0.15) is 0 Å². The summed E-state index contributed by atoms with van der Waals surface area (Å²) in [5, 5.41) is 3.76. The average molecular weight is 242 g/mol. The lowest BCUT2D eigenvalue weighted by molar-refractivity contribution is 0.209. The van der Waals surface area contributed by atoms with Crippen molar-refractivity contribution in [1.82, 2.24) is 14.3 Å². The van der Waals surface area contributed by atoms with E-state index in [-0.39, 0.29) is 12.5 Å². The minimum atomic E-state index is -0.556. The lowest BCUT2D eigenvalue weighted by Gasteiger charge is -2.22. The van der Waals surface area contributed by atoms with E-state index in [2.05, 4.69) is 5.10 Å². The third-order valence-corrected chi connectivity index (χ3v) is 2.64. The van der Waals surface area contributed by atoms with E-state index >= 15 is 0 Å². The maximum Gasteiger partial charge on any atom is 0.347 e. The second kappa shape index (κ2) is 4.70. The summed E-state index contributed by atoms with van der Waals surface area (Å²) < 4.78 is 7.28. The van der Waals surface area contributed by atoms with Crippen LogP contribution in [0.25, 0.3) is 0 Å². The Labute approximate surface area is 98.8 Å². The zero-order valence-electron chi connectivity index (χ0n) is 10.6. The van der Waals surface area contributed by atoms with Gasteiger partial charge in [-0.3, -0.25) is 9.36 Å². The Bertz CT molecular complexity index is 515.